The number of imide groups is 1. The Balaban J connectivity index is 1.47. The lowest BCUT2D eigenvalue weighted by molar-refractivity contribution is -0.138. The number of nitrogens with one attached hydrogen (secondary N) is 1. The van der Waals surface area contributed by atoms with Crippen LogP contribution in [-0.4, -0.2) is 45.0 Å². The van der Waals surface area contributed by atoms with Crippen molar-refractivity contribution in [2.75, 3.05) is 6.54 Å². The first-order chi connectivity index (χ1) is 19.5. The van der Waals surface area contributed by atoms with Crippen LogP contribution in [0.5, 0.6) is 0 Å². The molecule has 41 heavy (non-hydrogen) atoms. The number of nitrogens with zero attached hydrogens (tertiary/aromatic N) is 3. The Labute approximate surface area is 238 Å². The first-order valence-corrected chi connectivity index (χ1v) is 13.8. The Hall–Kier alpha value is -4.25. The van der Waals surface area contributed by atoms with E-state index in [0.29, 0.717) is 11.3 Å². The quantitative estimate of drug-likeness (QED) is 0.272. The van der Waals surface area contributed by atoms with Crippen LogP contribution in [0.1, 0.15) is 58.9 Å². The Morgan fingerprint density at radius 3 is 2.24 bits per heavy atom. The molecule has 4 aromatic rings. The lowest BCUT2D eigenvalue weighted by Gasteiger charge is -2.25. The van der Waals surface area contributed by atoms with Gasteiger partial charge >= 0.3 is 6.18 Å². The number of hydrogen-bond acceptors (Lipinski definition) is 5. The van der Waals surface area contributed by atoms with Crippen LogP contribution in [0, 0.1) is 6.92 Å². The number of aryl methyl sites for hydroxylation is 3. The van der Waals surface area contributed by atoms with Crippen LogP contribution in [0.3, 0.4) is 0 Å². The first kappa shape index (κ1) is 28.3. The summed E-state index contributed by atoms with van der Waals surface area (Å²) in [6.07, 6.45) is -2.45. The van der Waals surface area contributed by atoms with Crippen LogP contribution in [-0.2, 0) is 26.1 Å². The largest absolute Gasteiger partial charge is 0.416 e. The lowest BCUT2D eigenvalue weighted by atomic mass is 9.99. The van der Waals surface area contributed by atoms with Crippen LogP contribution in [0.25, 0.3) is 11.3 Å². The summed E-state index contributed by atoms with van der Waals surface area (Å²) in [6, 6.07) is 12.2. The molecule has 1 aliphatic rings. The number of benzene rings is 2. The van der Waals surface area contributed by atoms with Gasteiger partial charge in [0.05, 0.1) is 39.5 Å². The van der Waals surface area contributed by atoms with E-state index in [9.17, 15) is 27.6 Å². The number of carbonyl (C=O) groups excluding carboxylic acids is 3. The molecule has 1 aliphatic heterocycles. The number of alkyl halides is 3. The topological polar surface area (TPSA) is 84.3 Å². The Bertz CT molecular complexity index is 1600. The summed E-state index contributed by atoms with van der Waals surface area (Å²) >= 11 is 1.29. The van der Waals surface area contributed by atoms with Crippen LogP contribution in [0.15, 0.2) is 60.8 Å². The Morgan fingerprint density at radius 1 is 1.02 bits per heavy atom. The molecule has 0 bridgehead atoms. The molecule has 3 heterocycles. The fourth-order valence-corrected chi connectivity index (χ4v) is 6.22. The van der Waals surface area contributed by atoms with E-state index in [-0.39, 0.29) is 29.7 Å². The summed E-state index contributed by atoms with van der Waals surface area (Å²) < 4.78 is 43.2. The molecule has 0 radical (unpaired) electrons. The molecule has 7 nitrogen and oxygen atoms in total. The summed E-state index contributed by atoms with van der Waals surface area (Å²) in [6.45, 7) is 3.61. The average molecular weight is 581 g/mol. The Morgan fingerprint density at radius 2 is 1.66 bits per heavy atom. The molecule has 0 aliphatic carbocycles. The number of thiophene rings is 1. The standard InChI is InChI=1S/C30H27F3N4O3S/c1-4-24-22(26-17(2)15-34-36(26)3)14-25(41-24)27(38)35-19(13-18-9-5-8-12-23(18)30(31,32)33)16-37-28(39)20-10-6-7-11-21(20)29(37)40/h5-12,14-15,19H,4,13,16H2,1-3H3,(H,35,38)/t19-/m0/s1. The van der Waals surface area contributed by atoms with E-state index in [4.69, 9.17) is 0 Å². The van der Waals surface area contributed by atoms with Crippen LogP contribution < -0.4 is 5.32 Å². The van der Waals surface area contributed by atoms with Gasteiger partial charge in [-0.05, 0) is 55.2 Å². The zero-order chi connectivity index (χ0) is 29.5. The fourth-order valence-electron chi connectivity index (χ4n) is 5.22. The maximum atomic E-state index is 13.8. The van der Waals surface area contributed by atoms with Gasteiger partial charge in [0.2, 0.25) is 0 Å². The van der Waals surface area contributed by atoms with Gasteiger partial charge in [0.25, 0.3) is 17.7 Å². The zero-order valence-corrected chi connectivity index (χ0v) is 23.4. The number of hydrogen-bond donors (Lipinski definition) is 1. The van der Waals surface area contributed by atoms with Crippen LogP contribution in [0.4, 0.5) is 13.2 Å². The maximum Gasteiger partial charge on any atom is 0.416 e. The number of rotatable bonds is 8. The highest BCUT2D eigenvalue weighted by atomic mass is 32.1. The predicted octanol–water partition coefficient (Wildman–Crippen LogP) is 5.68. The highest BCUT2D eigenvalue weighted by molar-refractivity contribution is 7.14. The normalized spacial score (nSPS) is 14.0. The summed E-state index contributed by atoms with van der Waals surface area (Å²) in [5, 5.41) is 7.12. The number of halogens is 3. The zero-order valence-electron chi connectivity index (χ0n) is 22.6. The summed E-state index contributed by atoms with van der Waals surface area (Å²) in [7, 11) is 1.81. The van der Waals surface area contributed by atoms with E-state index < -0.39 is 35.5 Å². The number of carbonyl (C=O) groups is 3. The second-order valence-electron chi connectivity index (χ2n) is 9.90. The molecule has 0 saturated heterocycles. The molecule has 1 atom stereocenters. The molecule has 0 spiro atoms. The third kappa shape index (κ3) is 5.41. The minimum absolute atomic E-state index is 0.0477. The van der Waals surface area contributed by atoms with E-state index in [1.165, 1.54) is 41.7 Å². The molecular weight excluding hydrogens is 553 g/mol. The van der Waals surface area contributed by atoms with E-state index in [2.05, 4.69) is 10.4 Å². The molecule has 3 amide bonds. The minimum Gasteiger partial charge on any atom is -0.346 e. The molecule has 0 unspecified atom stereocenters. The lowest BCUT2D eigenvalue weighted by Crippen LogP contribution is -2.47. The molecule has 2 aromatic heterocycles. The van der Waals surface area contributed by atoms with E-state index in [0.717, 1.165) is 32.7 Å². The average Bonchev–Trinajstić information content (AvgIpc) is 3.58. The number of fused-ring (bicyclic) bond motifs is 1. The third-order valence-corrected chi connectivity index (χ3v) is 8.41. The van der Waals surface area contributed by atoms with E-state index in [1.807, 2.05) is 20.9 Å². The molecule has 0 saturated carbocycles. The van der Waals surface area contributed by atoms with Crippen LogP contribution in [0.2, 0.25) is 0 Å². The van der Waals surface area contributed by atoms with Crippen molar-refractivity contribution in [1.82, 2.24) is 20.0 Å². The first-order valence-electron chi connectivity index (χ1n) is 13.0. The van der Waals surface area contributed by atoms with Gasteiger partial charge in [-0.25, -0.2) is 0 Å². The van der Waals surface area contributed by atoms with Crippen molar-refractivity contribution >= 4 is 29.1 Å². The van der Waals surface area contributed by atoms with Gasteiger partial charge in [-0.15, -0.1) is 11.3 Å². The van der Waals surface area contributed by atoms with Crippen molar-refractivity contribution in [3.63, 3.8) is 0 Å². The SMILES string of the molecule is CCc1sc(C(=O)N[C@@H](Cc2ccccc2C(F)(F)F)CN2C(=O)c3ccccc3C2=O)cc1-c1c(C)cnn1C. The van der Waals surface area contributed by atoms with Gasteiger partial charge in [0, 0.05) is 24.0 Å². The van der Waals surface area contributed by atoms with Crippen molar-refractivity contribution in [3.8, 4) is 11.3 Å². The van der Waals surface area contributed by atoms with Gasteiger partial charge < -0.3 is 5.32 Å². The van der Waals surface area contributed by atoms with E-state index >= 15 is 0 Å². The Kier molecular flexibility index (Phi) is 7.56. The molecule has 0 fully saturated rings. The molecule has 11 heteroatoms. The monoisotopic (exact) mass is 580 g/mol. The van der Waals surface area contributed by atoms with Gasteiger partial charge in [-0.2, -0.15) is 18.3 Å². The van der Waals surface area contributed by atoms with Crippen molar-refractivity contribution in [2.45, 2.75) is 38.9 Å². The second kappa shape index (κ2) is 11.0. The van der Waals surface area contributed by atoms with Crippen molar-refractivity contribution < 1.29 is 27.6 Å². The van der Waals surface area contributed by atoms with Gasteiger partial charge in [-0.3, -0.25) is 24.0 Å². The number of aromatic nitrogens is 2. The third-order valence-electron chi connectivity index (χ3n) is 7.14. The van der Waals surface area contributed by atoms with Crippen molar-refractivity contribution in [1.29, 1.82) is 0 Å². The van der Waals surface area contributed by atoms with Gasteiger partial charge in [-0.1, -0.05) is 37.3 Å². The molecule has 212 valence electrons. The minimum atomic E-state index is -4.61. The summed E-state index contributed by atoms with van der Waals surface area (Å²) in [5.41, 5.74) is 2.24. The maximum absolute atomic E-state index is 13.8. The van der Waals surface area contributed by atoms with Crippen LogP contribution >= 0.6 is 11.3 Å². The summed E-state index contributed by atoms with van der Waals surface area (Å²) in [4.78, 5) is 42.0. The summed E-state index contributed by atoms with van der Waals surface area (Å²) in [5.74, 6) is -1.60. The highest BCUT2D eigenvalue weighted by Gasteiger charge is 2.38. The second-order valence-corrected chi connectivity index (χ2v) is 11.0. The molecule has 2 aromatic carbocycles. The van der Waals surface area contributed by atoms with Crippen molar-refractivity contribution in [2.24, 2.45) is 7.05 Å². The van der Waals surface area contributed by atoms with Crippen molar-refractivity contribution in [3.05, 3.63) is 98.4 Å². The smallest absolute Gasteiger partial charge is 0.346 e. The molecular formula is C30H27F3N4O3S. The van der Waals surface area contributed by atoms with Gasteiger partial charge in [0.1, 0.15) is 0 Å². The fraction of sp³-hybridized carbons (Fsp3) is 0.267. The number of amides is 3. The highest BCUT2D eigenvalue weighted by Crippen LogP contribution is 2.35. The molecule has 1 N–H and O–H groups in total. The predicted molar refractivity (Wildman–Crippen MR) is 149 cm³/mol. The van der Waals surface area contributed by atoms with E-state index in [1.54, 1.807) is 29.1 Å². The molecule has 5 rings (SSSR count). The van der Waals surface area contributed by atoms with Gasteiger partial charge in [0.15, 0.2) is 0 Å².